The molecule has 2 aromatic carbocycles. The van der Waals surface area contributed by atoms with E-state index in [2.05, 4.69) is 20.9 Å². The highest BCUT2D eigenvalue weighted by Crippen LogP contribution is 2.39. The molecule has 1 amide bonds. The van der Waals surface area contributed by atoms with Crippen molar-refractivity contribution in [3.63, 3.8) is 0 Å². The van der Waals surface area contributed by atoms with Crippen LogP contribution in [0.2, 0.25) is 5.02 Å². The van der Waals surface area contributed by atoms with Gasteiger partial charge in [-0.1, -0.05) is 18.5 Å². The van der Waals surface area contributed by atoms with Gasteiger partial charge in [-0.15, -0.1) is 0 Å². The SMILES string of the molecule is CCCN1C(=O)/C(=C/c2cc(Br)c(OCC)cc2OCC)SC1=Nc1ccc(Cl)cc1. The first-order valence-corrected chi connectivity index (χ1v) is 12.1. The third-order valence-electron chi connectivity index (χ3n) is 4.34. The molecule has 0 unspecified atom stereocenters. The normalized spacial score (nSPS) is 16.4. The van der Waals surface area contributed by atoms with Gasteiger partial charge in [0.25, 0.3) is 5.91 Å². The van der Waals surface area contributed by atoms with Crippen molar-refractivity contribution in [3.8, 4) is 11.5 Å². The molecule has 1 fully saturated rings. The van der Waals surface area contributed by atoms with Crippen LogP contribution < -0.4 is 9.47 Å². The molecule has 8 heteroatoms. The summed E-state index contributed by atoms with van der Waals surface area (Å²) in [5.74, 6) is 1.31. The summed E-state index contributed by atoms with van der Waals surface area (Å²) in [6.45, 7) is 7.55. The molecule has 1 aliphatic heterocycles. The summed E-state index contributed by atoms with van der Waals surface area (Å²) in [5.41, 5.74) is 1.55. The average molecular weight is 524 g/mol. The standard InChI is InChI=1S/C23H24BrClN2O3S/c1-4-11-27-22(28)21(31-23(27)26-17-9-7-16(25)8-10-17)13-15-12-18(24)20(30-6-3)14-19(15)29-5-2/h7-10,12-14H,4-6,11H2,1-3H3/b21-13-,26-23?. The highest BCUT2D eigenvalue weighted by atomic mass is 79.9. The van der Waals surface area contributed by atoms with Crippen LogP contribution in [-0.2, 0) is 4.79 Å². The molecule has 2 aromatic rings. The molecule has 3 rings (SSSR count). The quantitative estimate of drug-likeness (QED) is 0.353. The van der Waals surface area contributed by atoms with Gasteiger partial charge in [0.2, 0.25) is 0 Å². The number of carbonyl (C=O) groups excluding carboxylic acids is 1. The van der Waals surface area contributed by atoms with Gasteiger partial charge in [0.15, 0.2) is 5.17 Å². The lowest BCUT2D eigenvalue weighted by molar-refractivity contribution is -0.122. The summed E-state index contributed by atoms with van der Waals surface area (Å²) in [5, 5.41) is 1.30. The van der Waals surface area contributed by atoms with Crippen LogP contribution in [0.4, 0.5) is 5.69 Å². The highest BCUT2D eigenvalue weighted by Gasteiger charge is 2.33. The van der Waals surface area contributed by atoms with Gasteiger partial charge < -0.3 is 9.47 Å². The first kappa shape index (κ1) is 23.7. The number of hydrogen-bond acceptors (Lipinski definition) is 5. The maximum Gasteiger partial charge on any atom is 0.266 e. The van der Waals surface area contributed by atoms with Gasteiger partial charge in [0, 0.05) is 23.2 Å². The molecule has 31 heavy (non-hydrogen) atoms. The summed E-state index contributed by atoms with van der Waals surface area (Å²) < 4.78 is 12.3. The number of thioether (sulfide) groups is 1. The second-order valence-electron chi connectivity index (χ2n) is 6.62. The topological polar surface area (TPSA) is 51.1 Å². The van der Waals surface area contributed by atoms with Gasteiger partial charge in [-0.2, -0.15) is 0 Å². The van der Waals surface area contributed by atoms with E-state index in [1.54, 1.807) is 17.0 Å². The Morgan fingerprint density at radius 3 is 2.42 bits per heavy atom. The molecular formula is C23H24BrClN2O3S. The number of nitrogens with zero attached hydrogens (tertiary/aromatic N) is 2. The Morgan fingerprint density at radius 1 is 1.10 bits per heavy atom. The van der Waals surface area contributed by atoms with Gasteiger partial charge in [-0.3, -0.25) is 9.69 Å². The van der Waals surface area contributed by atoms with Crippen molar-refractivity contribution in [3.05, 3.63) is 56.4 Å². The van der Waals surface area contributed by atoms with E-state index in [4.69, 9.17) is 21.1 Å². The van der Waals surface area contributed by atoms with Crippen LogP contribution in [0.15, 0.2) is 50.8 Å². The number of amides is 1. The van der Waals surface area contributed by atoms with E-state index in [1.807, 2.05) is 51.1 Å². The Morgan fingerprint density at radius 2 is 1.77 bits per heavy atom. The molecule has 0 spiro atoms. The van der Waals surface area contributed by atoms with E-state index in [9.17, 15) is 4.79 Å². The van der Waals surface area contributed by atoms with Crippen molar-refractivity contribution in [2.75, 3.05) is 19.8 Å². The molecule has 1 aliphatic rings. The minimum absolute atomic E-state index is 0.0629. The summed E-state index contributed by atoms with van der Waals surface area (Å²) in [4.78, 5) is 20.1. The first-order valence-electron chi connectivity index (χ1n) is 10.1. The van der Waals surface area contributed by atoms with E-state index in [0.717, 1.165) is 22.1 Å². The minimum Gasteiger partial charge on any atom is -0.493 e. The maximum absolute atomic E-state index is 13.1. The summed E-state index contributed by atoms with van der Waals surface area (Å²) in [7, 11) is 0. The first-order chi connectivity index (χ1) is 15.0. The minimum atomic E-state index is -0.0629. The molecule has 0 aromatic heterocycles. The van der Waals surface area contributed by atoms with Gasteiger partial charge in [0.05, 0.1) is 28.3 Å². The summed E-state index contributed by atoms with van der Waals surface area (Å²) in [6, 6.07) is 11.0. The van der Waals surface area contributed by atoms with Crippen molar-refractivity contribution < 1.29 is 14.3 Å². The van der Waals surface area contributed by atoms with Crippen LogP contribution >= 0.6 is 39.3 Å². The number of hydrogen-bond donors (Lipinski definition) is 0. The number of halogens is 2. The lowest BCUT2D eigenvalue weighted by atomic mass is 10.1. The zero-order chi connectivity index (χ0) is 22.4. The molecule has 0 saturated carbocycles. The fraction of sp³-hybridized carbons (Fsp3) is 0.304. The van der Waals surface area contributed by atoms with E-state index in [1.165, 1.54) is 11.8 Å². The monoisotopic (exact) mass is 522 g/mol. The van der Waals surface area contributed by atoms with Crippen LogP contribution in [0, 0.1) is 0 Å². The molecule has 0 N–H and O–H groups in total. The van der Waals surface area contributed by atoms with Gasteiger partial charge >= 0.3 is 0 Å². The fourth-order valence-electron chi connectivity index (χ4n) is 2.99. The zero-order valence-corrected chi connectivity index (χ0v) is 20.8. The number of benzene rings is 2. The number of rotatable bonds is 8. The van der Waals surface area contributed by atoms with Gasteiger partial charge in [-0.25, -0.2) is 4.99 Å². The second-order valence-corrected chi connectivity index (χ2v) is 8.92. The molecule has 164 valence electrons. The Balaban J connectivity index is 1.99. The van der Waals surface area contributed by atoms with E-state index < -0.39 is 0 Å². The van der Waals surface area contributed by atoms with Gasteiger partial charge in [-0.05, 0) is 84.4 Å². The summed E-state index contributed by atoms with van der Waals surface area (Å²) in [6.07, 6.45) is 2.68. The predicted octanol–water partition coefficient (Wildman–Crippen LogP) is 6.91. The average Bonchev–Trinajstić information content (AvgIpc) is 3.02. The van der Waals surface area contributed by atoms with Crippen molar-refractivity contribution in [1.82, 2.24) is 4.90 Å². The molecule has 0 radical (unpaired) electrons. The van der Waals surface area contributed by atoms with E-state index in [0.29, 0.717) is 46.4 Å². The highest BCUT2D eigenvalue weighted by molar-refractivity contribution is 9.10. The van der Waals surface area contributed by atoms with Crippen molar-refractivity contribution in [2.45, 2.75) is 27.2 Å². The Bertz CT molecular complexity index is 1010. The Labute approximate surface area is 200 Å². The van der Waals surface area contributed by atoms with Crippen LogP contribution in [0.25, 0.3) is 6.08 Å². The lowest BCUT2D eigenvalue weighted by Gasteiger charge is -2.14. The number of carbonyl (C=O) groups is 1. The lowest BCUT2D eigenvalue weighted by Crippen LogP contribution is -2.29. The summed E-state index contributed by atoms with van der Waals surface area (Å²) >= 11 is 10.9. The molecule has 1 heterocycles. The Hall–Kier alpha value is -1.96. The fourth-order valence-corrected chi connectivity index (χ4v) is 4.61. The number of amidine groups is 1. The second kappa shape index (κ2) is 11.1. The van der Waals surface area contributed by atoms with Crippen molar-refractivity contribution in [1.29, 1.82) is 0 Å². The Kier molecular flexibility index (Phi) is 8.46. The molecule has 0 atom stereocenters. The predicted molar refractivity (Wildman–Crippen MR) is 133 cm³/mol. The smallest absolute Gasteiger partial charge is 0.266 e. The van der Waals surface area contributed by atoms with E-state index >= 15 is 0 Å². The maximum atomic E-state index is 13.1. The van der Waals surface area contributed by atoms with Crippen LogP contribution in [0.1, 0.15) is 32.8 Å². The third-order valence-corrected chi connectivity index (χ3v) is 6.22. The molecule has 0 aliphatic carbocycles. The number of aliphatic imine (C=N–C) groups is 1. The van der Waals surface area contributed by atoms with E-state index in [-0.39, 0.29) is 5.91 Å². The third kappa shape index (κ3) is 5.84. The van der Waals surface area contributed by atoms with Crippen molar-refractivity contribution in [2.24, 2.45) is 4.99 Å². The molecule has 1 saturated heterocycles. The number of ether oxygens (including phenoxy) is 2. The van der Waals surface area contributed by atoms with Crippen molar-refractivity contribution >= 4 is 62.1 Å². The van der Waals surface area contributed by atoms with Crippen LogP contribution in [0.5, 0.6) is 11.5 Å². The largest absolute Gasteiger partial charge is 0.493 e. The van der Waals surface area contributed by atoms with Crippen LogP contribution in [-0.4, -0.2) is 35.7 Å². The molecular weight excluding hydrogens is 500 g/mol. The van der Waals surface area contributed by atoms with Gasteiger partial charge in [0.1, 0.15) is 11.5 Å². The molecule has 0 bridgehead atoms. The molecule has 5 nitrogen and oxygen atoms in total. The zero-order valence-electron chi connectivity index (χ0n) is 17.7. The van der Waals surface area contributed by atoms with Crippen LogP contribution in [0.3, 0.4) is 0 Å².